The predicted octanol–water partition coefficient (Wildman–Crippen LogP) is 2.40. The first kappa shape index (κ1) is 14.3. The topological polar surface area (TPSA) is 70.5 Å². The Morgan fingerprint density at radius 2 is 2.00 bits per heavy atom. The molecule has 1 aromatic heterocycles. The second kappa shape index (κ2) is 6.33. The fourth-order valence-electron chi connectivity index (χ4n) is 1.69. The molecule has 0 aliphatic heterocycles. The van der Waals surface area contributed by atoms with Crippen LogP contribution < -0.4 is 9.47 Å². The molecule has 106 valence electrons. The lowest BCUT2D eigenvalue weighted by Crippen LogP contribution is -2.04. The molecule has 2 rings (SSSR count). The van der Waals surface area contributed by atoms with Crippen LogP contribution in [0.4, 0.5) is 0 Å². The van der Waals surface area contributed by atoms with Crippen molar-refractivity contribution in [3.63, 3.8) is 0 Å². The number of nitrogens with zero attached hydrogens (tertiary/aromatic N) is 2. The van der Waals surface area contributed by atoms with E-state index in [2.05, 4.69) is 9.59 Å². The van der Waals surface area contributed by atoms with Gasteiger partial charge in [0.25, 0.3) is 0 Å². The third kappa shape index (κ3) is 2.72. The van der Waals surface area contributed by atoms with Gasteiger partial charge in [0.15, 0.2) is 16.4 Å². The van der Waals surface area contributed by atoms with Crippen molar-refractivity contribution in [1.82, 2.24) is 9.59 Å². The SMILES string of the molecule is CCOC(=O)c1snnc1-c1ccc(OC)c(OC)c1. The molecule has 7 heteroatoms. The minimum Gasteiger partial charge on any atom is -0.493 e. The van der Waals surface area contributed by atoms with E-state index in [-0.39, 0.29) is 0 Å². The van der Waals surface area contributed by atoms with E-state index in [1.165, 1.54) is 0 Å². The Morgan fingerprint density at radius 1 is 1.25 bits per heavy atom. The van der Waals surface area contributed by atoms with Gasteiger partial charge in [-0.25, -0.2) is 4.79 Å². The van der Waals surface area contributed by atoms with Gasteiger partial charge in [0.05, 0.1) is 20.8 Å². The first-order valence-corrected chi connectivity index (χ1v) is 6.70. The number of benzene rings is 1. The summed E-state index contributed by atoms with van der Waals surface area (Å²) in [6.45, 7) is 2.06. The molecule has 0 spiro atoms. The minimum atomic E-state index is -0.424. The number of rotatable bonds is 5. The Hall–Kier alpha value is -2.15. The normalized spacial score (nSPS) is 10.2. The van der Waals surface area contributed by atoms with Gasteiger partial charge in [-0.1, -0.05) is 4.49 Å². The maximum Gasteiger partial charge on any atom is 0.352 e. The molecule has 2 aromatic rings. The molecule has 0 N–H and O–H groups in total. The zero-order valence-corrected chi connectivity index (χ0v) is 12.2. The highest BCUT2D eigenvalue weighted by Crippen LogP contribution is 2.33. The molecule has 0 amide bonds. The summed E-state index contributed by atoms with van der Waals surface area (Å²) in [5.74, 6) is 0.747. The minimum absolute atomic E-state index is 0.308. The smallest absolute Gasteiger partial charge is 0.352 e. The lowest BCUT2D eigenvalue weighted by molar-refractivity contribution is 0.0532. The molecular formula is C13H14N2O4S. The summed E-state index contributed by atoms with van der Waals surface area (Å²) in [4.78, 5) is 12.2. The van der Waals surface area contributed by atoms with Crippen LogP contribution >= 0.6 is 11.5 Å². The molecule has 0 saturated carbocycles. The first-order chi connectivity index (χ1) is 9.71. The zero-order chi connectivity index (χ0) is 14.5. The molecule has 0 bridgehead atoms. The Labute approximate surface area is 120 Å². The zero-order valence-electron chi connectivity index (χ0n) is 11.4. The van der Waals surface area contributed by atoms with E-state index in [9.17, 15) is 4.79 Å². The van der Waals surface area contributed by atoms with Gasteiger partial charge < -0.3 is 14.2 Å². The van der Waals surface area contributed by atoms with Crippen molar-refractivity contribution < 1.29 is 19.0 Å². The van der Waals surface area contributed by atoms with Crippen molar-refractivity contribution in [3.05, 3.63) is 23.1 Å². The fourth-order valence-corrected chi connectivity index (χ4v) is 2.28. The van der Waals surface area contributed by atoms with Gasteiger partial charge in [-0.05, 0) is 36.7 Å². The van der Waals surface area contributed by atoms with Crippen molar-refractivity contribution in [3.8, 4) is 22.8 Å². The highest BCUT2D eigenvalue weighted by Gasteiger charge is 2.20. The number of hydrogen-bond acceptors (Lipinski definition) is 7. The van der Waals surface area contributed by atoms with Crippen LogP contribution in [0, 0.1) is 0 Å². The fraction of sp³-hybridized carbons (Fsp3) is 0.308. The van der Waals surface area contributed by atoms with Gasteiger partial charge in [-0.2, -0.15) is 0 Å². The van der Waals surface area contributed by atoms with E-state index >= 15 is 0 Å². The lowest BCUT2D eigenvalue weighted by atomic mass is 10.1. The van der Waals surface area contributed by atoms with Crippen LogP contribution in [0.3, 0.4) is 0 Å². The largest absolute Gasteiger partial charge is 0.493 e. The standard InChI is InChI=1S/C13H14N2O4S/c1-4-19-13(16)12-11(14-15-20-12)8-5-6-9(17-2)10(7-8)18-3/h5-7H,4H2,1-3H3. The summed E-state index contributed by atoms with van der Waals surface area (Å²) in [6, 6.07) is 5.29. The van der Waals surface area contributed by atoms with Crippen molar-refractivity contribution >= 4 is 17.5 Å². The van der Waals surface area contributed by atoms with Gasteiger partial charge in [0, 0.05) is 5.56 Å². The van der Waals surface area contributed by atoms with Gasteiger partial charge in [-0.15, -0.1) is 5.10 Å². The average Bonchev–Trinajstić information content (AvgIpc) is 2.96. The van der Waals surface area contributed by atoms with E-state index in [1.807, 2.05) is 0 Å². The quantitative estimate of drug-likeness (QED) is 0.789. The van der Waals surface area contributed by atoms with E-state index in [1.54, 1.807) is 39.3 Å². The van der Waals surface area contributed by atoms with Crippen LogP contribution in [0.1, 0.15) is 16.6 Å². The van der Waals surface area contributed by atoms with Crippen LogP contribution in [0.25, 0.3) is 11.3 Å². The number of ether oxygens (including phenoxy) is 3. The van der Waals surface area contributed by atoms with E-state index in [0.29, 0.717) is 28.7 Å². The van der Waals surface area contributed by atoms with Crippen LogP contribution in [-0.4, -0.2) is 36.4 Å². The molecule has 0 unspecified atom stereocenters. The van der Waals surface area contributed by atoms with Crippen molar-refractivity contribution in [2.45, 2.75) is 6.92 Å². The summed E-state index contributed by atoms with van der Waals surface area (Å²) >= 11 is 1.01. The molecular weight excluding hydrogens is 280 g/mol. The molecule has 6 nitrogen and oxygen atoms in total. The maximum absolute atomic E-state index is 11.8. The second-order valence-electron chi connectivity index (χ2n) is 3.74. The molecule has 1 aromatic carbocycles. The number of carbonyl (C=O) groups excluding carboxylic acids is 1. The Bertz CT molecular complexity index is 612. The summed E-state index contributed by atoms with van der Waals surface area (Å²) < 4.78 is 19.2. The van der Waals surface area contributed by atoms with Crippen LogP contribution in [-0.2, 0) is 4.74 Å². The van der Waals surface area contributed by atoms with Gasteiger partial charge >= 0.3 is 5.97 Å². The molecule has 0 aliphatic carbocycles. The van der Waals surface area contributed by atoms with Crippen LogP contribution in [0.2, 0.25) is 0 Å². The average molecular weight is 294 g/mol. The molecule has 1 heterocycles. The molecule has 0 fully saturated rings. The van der Waals surface area contributed by atoms with E-state index < -0.39 is 5.97 Å². The van der Waals surface area contributed by atoms with Gasteiger partial charge in [0.1, 0.15) is 5.69 Å². The second-order valence-corrected chi connectivity index (χ2v) is 4.50. The number of methoxy groups -OCH3 is 2. The van der Waals surface area contributed by atoms with Crippen LogP contribution in [0.15, 0.2) is 18.2 Å². The van der Waals surface area contributed by atoms with Crippen molar-refractivity contribution in [2.75, 3.05) is 20.8 Å². The number of esters is 1. The molecule has 0 radical (unpaired) electrons. The predicted molar refractivity (Wildman–Crippen MR) is 74.4 cm³/mol. The molecule has 0 saturated heterocycles. The Balaban J connectivity index is 2.42. The highest BCUT2D eigenvalue weighted by atomic mass is 32.1. The number of carbonyl (C=O) groups is 1. The van der Waals surface area contributed by atoms with Crippen molar-refractivity contribution in [1.29, 1.82) is 0 Å². The number of hydrogen-bond donors (Lipinski definition) is 0. The van der Waals surface area contributed by atoms with Crippen LogP contribution in [0.5, 0.6) is 11.5 Å². The van der Waals surface area contributed by atoms with E-state index in [4.69, 9.17) is 14.2 Å². The van der Waals surface area contributed by atoms with Crippen molar-refractivity contribution in [2.24, 2.45) is 0 Å². The van der Waals surface area contributed by atoms with Gasteiger partial charge in [-0.3, -0.25) is 0 Å². The summed E-state index contributed by atoms with van der Waals surface area (Å²) in [5.41, 5.74) is 1.20. The summed E-state index contributed by atoms with van der Waals surface area (Å²) in [6.07, 6.45) is 0. The Morgan fingerprint density at radius 3 is 2.65 bits per heavy atom. The Kier molecular flexibility index (Phi) is 4.52. The third-order valence-electron chi connectivity index (χ3n) is 2.61. The molecule has 0 aliphatic rings. The lowest BCUT2D eigenvalue weighted by Gasteiger charge is -2.08. The van der Waals surface area contributed by atoms with Gasteiger partial charge in [0.2, 0.25) is 0 Å². The summed E-state index contributed by atoms with van der Waals surface area (Å²) in [5, 5.41) is 3.99. The molecule has 0 atom stereocenters. The highest BCUT2D eigenvalue weighted by molar-refractivity contribution is 7.08. The first-order valence-electron chi connectivity index (χ1n) is 5.93. The monoisotopic (exact) mass is 294 g/mol. The van der Waals surface area contributed by atoms with E-state index in [0.717, 1.165) is 17.1 Å². The number of aromatic nitrogens is 2. The third-order valence-corrected chi connectivity index (χ3v) is 3.31. The molecule has 20 heavy (non-hydrogen) atoms. The maximum atomic E-state index is 11.8. The summed E-state index contributed by atoms with van der Waals surface area (Å²) in [7, 11) is 3.11.